The molecule has 28 heavy (non-hydrogen) atoms. The highest BCUT2D eigenvalue weighted by Crippen LogP contribution is 2.46. The summed E-state index contributed by atoms with van der Waals surface area (Å²) in [7, 11) is 1.61. The second kappa shape index (κ2) is 7.64. The molecule has 0 unspecified atom stereocenters. The molecule has 1 aliphatic heterocycles. The first-order valence-corrected chi connectivity index (χ1v) is 10.1. The number of aryl methyl sites for hydroxylation is 1. The molecule has 1 aliphatic carbocycles. The van der Waals surface area contributed by atoms with Crippen LogP contribution in [-0.2, 0) is 6.61 Å². The Balaban J connectivity index is 1.63. The lowest BCUT2D eigenvalue weighted by molar-refractivity contribution is 0.196. The highest BCUT2D eigenvalue weighted by Gasteiger charge is 2.43. The van der Waals surface area contributed by atoms with Crippen molar-refractivity contribution in [1.82, 2.24) is 15.0 Å². The van der Waals surface area contributed by atoms with Gasteiger partial charge in [0.25, 0.3) is 0 Å². The van der Waals surface area contributed by atoms with E-state index in [0.717, 1.165) is 55.1 Å². The Labute approximate surface area is 166 Å². The first-order valence-electron chi connectivity index (χ1n) is 10.1. The number of aromatic nitrogens is 3. The first-order chi connectivity index (χ1) is 13.6. The zero-order valence-electron chi connectivity index (χ0n) is 16.7. The van der Waals surface area contributed by atoms with E-state index in [1.807, 2.05) is 13.0 Å². The van der Waals surface area contributed by atoms with Crippen molar-refractivity contribution < 1.29 is 9.84 Å². The van der Waals surface area contributed by atoms with Crippen molar-refractivity contribution in [3.05, 3.63) is 29.8 Å². The van der Waals surface area contributed by atoms with E-state index in [2.05, 4.69) is 9.88 Å². The number of pyridine rings is 1. The largest absolute Gasteiger partial charge is 0.494 e. The van der Waals surface area contributed by atoms with E-state index in [9.17, 15) is 5.11 Å². The molecule has 3 heterocycles. The first kappa shape index (κ1) is 19.1. The van der Waals surface area contributed by atoms with Gasteiger partial charge in [-0.15, -0.1) is 0 Å². The van der Waals surface area contributed by atoms with E-state index in [-0.39, 0.29) is 6.61 Å². The Morgan fingerprint density at radius 3 is 2.71 bits per heavy atom. The second-order valence-electron chi connectivity index (χ2n) is 8.01. The number of nitrogens with two attached hydrogens (primary N) is 1. The van der Waals surface area contributed by atoms with Crippen molar-refractivity contribution in [1.29, 1.82) is 0 Å². The lowest BCUT2D eigenvalue weighted by atomic mass is 9.74. The molecule has 7 nitrogen and oxygen atoms in total. The van der Waals surface area contributed by atoms with Gasteiger partial charge in [-0.1, -0.05) is 6.42 Å². The number of nitrogens with zero attached hydrogens (tertiary/aromatic N) is 4. The van der Waals surface area contributed by atoms with Crippen LogP contribution in [0.15, 0.2) is 18.5 Å². The SMILES string of the molecule is COc1cnccc1-c1nc(CO)c(N2CCC3(CCC[C@H]3N)CC2)nc1C. The molecule has 1 atom stereocenters. The van der Waals surface area contributed by atoms with E-state index in [1.165, 1.54) is 12.8 Å². The summed E-state index contributed by atoms with van der Waals surface area (Å²) in [5, 5.41) is 9.99. The van der Waals surface area contributed by atoms with Crippen molar-refractivity contribution in [2.75, 3.05) is 25.1 Å². The van der Waals surface area contributed by atoms with Gasteiger partial charge >= 0.3 is 0 Å². The highest BCUT2D eigenvalue weighted by atomic mass is 16.5. The molecule has 0 radical (unpaired) electrons. The lowest BCUT2D eigenvalue weighted by Crippen LogP contribution is -2.47. The molecular weight excluding hydrogens is 354 g/mol. The monoisotopic (exact) mass is 383 g/mol. The average molecular weight is 383 g/mol. The number of aliphatic hydroxyl groups excluding tert-OH is 1. The van der Waals surface area contributed by atoms with Gasteiger partial charge in [0, 0.05) is 30.9 Å². The third-order valence-electron chi connectivity index (χ3n) is 6.57. The molecule has 2 aromatic rings. The number of hydrogen-bond donors (Lipinski definition) is 2. The van der Waals surface area contributed by atoms with E-state index < -0.39 is 0 Å². The fourth-order valence-corrected chi connectivity index (χ4v) is 4.85. The van der Waals surface area contributed by atoms with Crippen LogP contribution < -0.4 is 15.4 Å². The molecule has 0 bridgehead atoms. The average Bonchev–Trinajstić information content (AvgIpc) is 3.08. The molecule has 4 rings (SSSR count). The number of hydrogen-bond acceptors (Lipinski definition) is 7. The normalized spacial score (nSPS) is 21.3. The van der Waals surface area contributed by atoms with Gasteiger partial charge in [-0.25, -0.2) is 9.97 Å². The van der Waals surface area contributed by atoms with Gasteiger partial charge < -0.3 is 20.5 Å². The van der Waals surface area contributed by atoms with Crippen LogP contribution in [-0.4, -0.2) is 46.3 Å². The Morgan fingerprint density at radius 2 is 2.07 bits per heavy atom. The van der Waals surface area contributed by atoms with Gasteiger partial charge in [-0.2, -0.15) is 0 Å². The minimum atomic E-state index is -0.149. The Bertz CT molecular complexity index is 849. The predicted octanol–water partition coefficient (Wildman–Crippen LogP) is 2.45. The molecule has 2 aliphatic rings. The molecule has 1 spiro atoms. The van der Waals surface area contributed by atoms with Crippen LogP contribution >= 0.6 is 0 Å². The van der Waals surface area contributed by atoms with E-state index >= 15 is 0 Å². The van der Waals surface area contributed by atoms with Gasteiger partial charge in [-0.3, -0.25) is 4.98 Å². The van der Waals surface area contributed by atoms with Crippen molar-refractivity contribution in [3.63, 3.8) is 0 Å². The van der Waals surface area contributed by atoms with Crippen LogP contribution in [0, 0.1) is 12.3 Å². The quantitative estimate of drug-likeness (QED) is 0.837. The fourth-order valence-electron chi connectivity index (χ4n) is 4.85. The number of ether oxygens (including phenoxy) is 1. The van der Waals surface area contributed by atoms with Crippen LogP contribution in [0.3, 0.4) is 0 Å². The molecule has 1 saturated carbocycles. The predicted molar refractivity (Wildman–Crippen MR) is 108 cm³/mol. The standard InChI is InChI=1S/C21H29N5O2/c1-14-19(15-5-9-23-12-17(15)28-2)25-16(13-27)20(24-14)26-10-7-21(8-11-26)6-3-4-18(21)22/h5,9,12,18,27H,3-4,6-8,10-11,13,22H2,1-2H3/t18-/m1/s1. The minimum absolute atomic E-state index is 0.149. The van der Waals surface area contributed by atoms with Gasteiger partial charge in [-0.05, 0) is 44.1 Å². The summed E-state index contributed by atoms with van der Waals surface area (Å²) in [6, 6.07) is 2.18. The molecule has 1 saturated heterocycles. The third kappa shape index (κ3) is 3.22. The Kier molecular flexibility index (Phi) is 5.21. The van der Waals surface area contributed by atoms with Gasteiger partial charge in [0.2, 0.25) is 0 Å². The number of rotatable bonds is 4. The summed E-state index contributed by atoms with van der Waals surface area (Å²) in [6.45, 7) is 3.62. The number of piperidine rings is 1. The zero-order chi connectivity index (χ0) is 19.7. The second-order valence-corrected chi connectivity index (χ2v) is 8.01. The smallest absolute Gasteiger partial charge is 0.153 e. The molecule has 0 aromatic carbocycles. The zero-order valence-corrected chi connectivity index (χ0v) is 16.7. The molecule has 2 fully saturated rings. The molecule has 0 amide bonds. The van der Waals surface area contributed by atoms with Crippen LogP contribution in [0.25, 0.3) is 11.3 Å². The fraction of sp³-hybridized carbons (Fsp3) is 0.571. The maximum absolute atomic E-state index is 9.99. The van der Waals surface area contributed by atoms with Crippen molar-refractivity contribution in [3.8, 4) is 17.0 Å². The van der Waals surface area contributed by atoms with Crippen molar-refractivity contribution in [2.24, 2.45) is 11.1 Å². The molecule has 7 heteroatoms. The van der Waals surface area contributed by atoms with Crippen LogP contribution in [0.2, 0.25) is 0 Å². The maximum atomic E-state index is 9.99. The van der Waals surface area contributed by atoms with Crippen LogP contribution in [0.5, 0.6) is 5.75 Å². The number of methoxy groups -OCH3 is 1. The Morgan fingerprint density at radius 1 is 1.29 bits per heavy atom. The summed E-state index contributed by atoms with van der Waals surface area (Å²) >= 11 is 0. The third-order valence-corrected chi connectivity index (χ3v) is 6.57. The summed E-state index contributed by atoms with van der Waals surface area (Å²) in [6.07, 6.45) is 9.16. The van der Waals surface area contributed by atoms with Gasteiger partial charge in [0.05, 0.1) is 31.3 Å². The Hall–Kier alpha value is -2.25. The lowest BCUT2D eigenvalue weighted by Gasteiger charge is -2.42. The van der Waals surface area contributed by atoms with Crippen LogP contribution in [0.1, 0.15) is 43.5 Å². The van der Waals surface area contributed by atoms with Crippen molar-refractivity contribution >= 4 is 5.82 Å². The molecule has 3 N–H and O–H groups in total. The topological polar surface area (TPSA) is 97.4 Å². The maximum Gasteiger partial charge on any atom is 0.153 e. The van der Waals surface area contributed by atoms with Crippen molar-refractivity contribution in [2.45, 2.75) is 51.7 Å². The van der Waals surface area contributed by atoms with Gasteiger partial charge in [0.1, 0.15) is 11.4 Å². The molecule has 2 aromatic heterocycles. The molecule has 150 valence electrons. The minimum Gasteiger partial charge on any atom is -0.494 e. The summed E-state index contributed by atoms with van der Waals surface area (Å²) in [5.74, 6) is 1.44. The highest BCUT2D eigenvalue weighted by molar-refractivity contribution is 5.69. The van der Waals surface area contributed by atoms with Crippen LogP contribution in [0.4, 0.5) is 5.82 Å². The van der Waals surface area contributed by atoms with E-state index in [1.54, 1.807) is 19.5 Å². The van der Waals surface area contributed by atoms with E-state index in [0.29, 0.717) is 22.9 Å². The number of anilines is 1. The summed E-state index contributed by atoms with van der Waals surface area (Å²) in [4.78, 5) is 16.0. The van der Waals surface area contributed by atoms with E-state index in [4.69, 9.17) is 20.4 Å². The number of aliphatic hydroxyl groups is 1. The summed E-state index contributed by atoms with van der Waals surface area (Å²) in [5.41, 5.74) is 9.68. The molecular formula is C21H29N5O2. The van der Waals surface area contributed by atoms with Gasteiger partial charge in [0.15, 0.2) is 5.82 Å². The summed E-state index contributed by atoms with van der Waals surface area (Å²) < 4.78 is 5.42.